The minimum absolute atomic E-state index is 0.137. The van der Waals surface area contributed by atoms with E-state index in [-0.39, 0.29) is 5.75 Å². The van der Waals surface area contributed by atoms with Crippen molar-refractivity contribution in [2.45, 2.75) is 4.90 Å². The van der Waals surface area contributed by atoms with Crippen molar-refractivity contribution in [3.05, 3.63) is 17.5 Å². The lowest BCUT2D eigenvalue weighted by Gasteiger charge is -1.98. The molecule has 0 saturated heterocycles. The van der Waals surface area contributed by atoms with E-state index in [0.29, 0.717) is 5.69 Å². The molecule has 0 spiro atoms. The van der Waals surface area contributed by atoms with Gasteiger partial charge in [0, 0.05) is 15.7 Å². The third-order valence-corrected chi connectivity index (χ3v) is 3.31. The Morgan fingerprint density at radius 2 is 2.17 bits per heavy atom. The minimum Gasteiger partial charge on any atom is -0.506 e. The van der Waals surface area contributed by atoms with Gasteiger partial charge in [-0.25, -0.2) is 0 Å². The summed E-state index contributed by atoms with van der Waals surface area (Å²) < 4.78 is 0.903. The second-order valence-electron chi connectivity index (χ2n) is 2.50. The zero-order valence-electron chi connectivity index (χ0n) is 6.11. The van der Waals surface area contributed by atoms with Crippen LogP contribution in [0.2, 0.25) is 0 Å². The first-order chi connectivity index (χ1) is 5.70. The summed E-state index contributed by atoms with van der Waals surface area (Å²) in [4.78, 5) is 0.904. The van der Waals surface area contributed by atoms with Gasteiger partial charge in [-0.3, -0.25) is 0 Å². The van der Waals surface area contributed by atoms with Gasteiger partial charge in [-0.15, -0.1) is 24.0 Å². The topological polar surface area (TPSA) is 46.2 Å². The zero-order valence-corrected chi connectivity index (χ0v) is 7.82. The Balaban J connectivity index is 2.93. The first-order valence-electron chi connectivity index (χ1n) is 3.38. The molecule has 0 aliphatic carbocycles. The van der Waals surface area contributed by atoms with Crippen molar-refractivity contribution < 1.29 is 5.11 Å². The molecule has 0 aliphatic heterocycles. The van der Waals surface area contributed by atoms with Crippen molar-refractivity contribution in [1.29, 1.82) is 0 Å². The molecule has 2 rings (SSSR count). The van der Waals surface area contributed by atoms with E-state index < -0.39 is 0 Å². The molecular weight excluding hydrogens is 190 g/mol. The zero-order chi connectivity index (χ0) is 8.72. The summed E-state index contributed by atoms with van der Waals surface area (Å²) >= 11 is 5.75. The molecule has 0 bridgehead atoms. The SMILES string of the molecule is Nc1c(O)ccc2c(S)csc12. The van der Waals surface area contributed by atoms with Crippen molar-refractivity contribution in [1.82, 2.24) is 0 Å². The molecule has 62 valence electrons. The van der Waals surface area contributed by atoms with Crippen LogP contribution in [0.1, 0.15) is 0 Å². The summed E-state index contributed by atoms with van der Waals surface area (Å²) in [5.41, 5.74) is 6.10. The monoisotopic (exact) mass is 197 g/mol. The Labute approximate surface area is 79.0 Å². The molecule has 0 aliphatic rings. The average Bonchev–Trinajstić information content (AvgIpc) is 2.41. The smallest absolute Gasteiger partial charge is 0.139 e. The number of fused-ring (bicyclic) bond motifs is 1. The van der Waals surface area contributed by atoms with E-state index in [4.69, 9.17) is 5.73 Å². The van der Waals surface area contributed by atoms with Gasteiger partial charge in [-0.1, -0.05) is 0 Å². The first-order valence-corrected chi connectivity index (χ1v) is 4.70. The molecule has 2 nitrogen and oxygen atoms in total. The van der Waals surface area contributed by atoms with Crippen LogP contribution in [0.4, 0.5) is 5.69 Å². The Hall–Kier alpha value is -0.870. The molecule has 3 N–H and O–H groups in total. The lowest BCUT2D eigenvalue weighted by atomic mass is 10.2. The van der Waals surface area contributed by atoms with Crippen molar-refractivity contribution in [3.63, 3.8) is 0 Å². The van der Waals surface area contributed by atoms with Gasteiger partial charge in [0.05, 0.1) is 10.4 Å². The number of thiophene rings is 1. The molecule has 1 aromatic carbocycles. The molecule has 0 radical (unpaired) electrons. The number of nitrogen functional groups attached to an aromatic ring is 1. The maximum Gasteiger partial charge on any atom is 0.139 e. The second-order valence-corrected chi connectivity index (χ2v) is 3.86. The van der Waals surface area contributed by atoms with E-state index >= 15 is 0 Å². The number of hydrogen-bond acceptors (Lipinski definition) is 4. The molecule has 1 heterocycles. The molecule has 0 atom stereocenters. The Bertz CT molecular complexity index is 436. The van der Waals surface area contributed by atoms with Gasteiger partial charge in [0.15, 0.2) is 0 Å². The Kier molecular flexibility index (Phi) is 1.66. The maximum atomic E-state index is 9.28. The van der Waals surface area contributed by atoms with Crippen LogP contribution in [-0.4, -0.2) is 5.11 Å². The van der Waals surface area contributed by atoms with Gasteiger partial charge in [0.1, 0.15) is 5.75 Å². The molecule has 12 heavy (non-hydrogen) atoms. The van der Waals surface area contributed by atoms with E-state index in [1.807, 2.05) is 11.4 Å². The third kappa shape index (κ3) is 0.956. The summed E-state index contributed by atoms with van der Waals surface area (Å²) in [7, 11) is 0. The van der Waals surface area contributed by atoms with Crippen LogP contribution < -0.4 is 5.73 Å². The number of anilines is 1. The Morgan fingerprint density at radius 3 is 2.92 bits per heavy atom. The van der Waals surface area contributed by atoms with E-state index in [9.17, 15) is 5.11 Å². The Morgan fingerprint density at radius 1 is 1.42 bits per heavy atom. The largest absolute Gasteiger partial charge is 0.506 e. The molecule has 4 heteroatoms. The van der Waals surface area contributed by atoms with E-state index in [1.54, 1.807) is 6.07 Å². The van der Waals surface area contributed by atoms with Crippen molar-refractivity contribution in [2.75, 3.05) is 5.73 Å². The van der Waals surface area contributed by atoms with Crippen LogP contribution in [0.15, 0.2) is 22.4 Å². The number of phenolic OH excluding ortho intramolecular Hbond substituents is 1. The highest BCUT2D eigenvalue weighted by Crippen LogP contribution is 2.37. The van der Waals surface area contributed by atoms with Crippen LogP contribution in [0.3, 0.4) is 0 Å². The summed E-state index contributed by atoms with van der Waals surface area (Å²) in [6.45, 7) is 0. The molecule has 1 aromatic heterocycles. The van der Waals surface area contributed by atoms with Gasteiger partial charge in [-0.2, -0.15) is 0 Å². The molecule has 0 amide bonds. The van der Waals surface area contributed by atoms with Gasteiger partial charge in [0.2, 0.25) is 0 Å². The highest BCUT2D eigenvalue weighted by Gasteiger charge is 2.06. The summed E-state index contributed by atoms with van der Waals surface area (Å²) in [5, 5.41) is 12.2. The molecule has 2 aromatic rings. The van der Waals surface area contributed by atoms with Gasteiger partial charge < -0.3 is 10.8 Å². The van der Waals surface area contributed by atoms with E-state index in [2.05, 4.69) is 12.6 Å². The molecule has 0 unspecified atom stereocenters. The molecule has 0 saturated carbocycles. The predicted octanol–water partition coefficient (Wildman–Crippen LogP) is 2.48. The first kappa shape index (κ1) is 7.76. The minimum atomic E-state index is 0.137. The second kappa shape index (κ2) is 2.57. The normalized spacial score (nSPS) is 10.8. The fourth-order valence-electron chi connectivity index (χ4n) is 1.10. The number of hydrogen-bond donors (Lipinski definition) is 3. The van der Waals surface area contributed by atoms with Crippen molar-refractivity contribution >= 4 is 39.7 Å². The number of rotatable bonds is 0. The number of benzene rings is 1. The molecule has 0 fully saturated rings. The van der Waals surface area contributed by atoms with Gasteiger partial charge in [0.25, 0.3) is 0 Å². The number of thiol groups is 1. The van der Waals surface area contributed by atoms with E-state index in [1.165, 1.54) is 11.3 Å². The summed E-state index contributed by atoms with van der Waals surface area (Å²) in [6.07, 6.45) is 0. The fourth-order valence-corrected chi connectivity index (χ4v) is 2.41. The van der Waals surface area contributed by atoms with Crippen molar-refractivity contribution in [2.24, 2.45) is 0 Å². The quantitative estimate of drug-likeness (QED) is 0.345. The van der Waals surface area contributed by atoms with Crippen LogP contribution in [0.5, 0.6) is 5.75 Å². The van der Waals surface area contributed by atoms with Crippen LogP contribution in [0, 0.1) is 0 Å². The lowest BCUT2D eigenvalue weighted by Crippen LogP contribution is -1.84. The number of phenols is 1. The average molecular weight is 197 g/mol. The predicted molar refractivity (Wildman–Crippen MR) is 55.2 cm³/mol. The van der Waals surface area contributed by atoms with Gasteiger partial charge >= 0.3 is 0 Å². The lowest BCUT2D eigenvalue weighted by molar-refractivity contribution is 0.479. The van der Waals surface area contributed by atoms with Crippen molar-refractivity contribution in [3.8, 4) is 5.75 Å². The maximum absolute atomic E-state index is 9.28. The number of aromatic hydroxyl groups is 1. The van der Waals surface area contributed by atoms with Crippen LogP contribution in [-0.2, 0) is 0 Å². The highest BCUT2D eigenvalue weighted by atomic mass is 32.1. The van der Waals surface area contributed by atoms with E-state index in [0.717, 1.165) is 15.0 Å². The fraction of sp³-hybridized carbons (Fsp3) is 0. The summed E-state index contributed by atoms with van der Waals surface area (Å²) in [5.74, 6) is 0.137. The third-order valence-electron chi connectivity index (χ3n) is 1.74. The van der Waals surface area contributed by atoms with Crippen LogP contribution in [0.25, 0.3) is 10.1 Å². The number of nitrogens with two attached hydrogens (primary N) is 1. The summed E-state index contributed by atoms with van der Waals surface area (Å²) in [6, 6.07) is 3.41. The standard InChI is InChI=1S/C8H7NOS2/c9-7-5(10)2-1-4-6(11)3-12-8(4)7/h1-3,10-11H,9H2. The van der Waals surface area contributed by atoms with Crippen LogP contribution >= 0.6 is 24.0 Å². The highest BCUT2D eigenvalue weighted by molar-refractivity contribution is 7.80. The molecular formula is C8H7NOS2. The van der Waals surface area contributed by atoms with Gasteiger partial charge in [-0.05, 0) is 12.1 Å².